The summed E-state index contributed by atoms with van der Waals surface area (Å²) in [5.74, 6) is -1.11. The standard InChI is InChI=1S/C9H6BrNO2S/c10-3-5-1-2-6(9(12)13)7(4-11)8(5)14/h1-2,14H,3H2,(H,12,13). The fourth-order valence-corrected chi connectivity index (χ4v) is 2.04. The van der Waals surface area contributed by atoms with Gasteiger partial charge in [-0.05, 0) is 11.6 Å². The molecule has 3 nitrogen and oxygen atoms in total. The Hall–Kier alpha value is -0.990. The van der Waals surface area contributed by atoms with Crippen LogP contribution in [0.5, 0.6) is 0 Å². The average molecular weight is 272 g/mol. The average Bonchev–Trinajstić information content (AvgIpc) is 2.17. The third-order valence-corrected chi connectivity index (χ3v) is 2.86. The number of nitrogens with zero attached hydrogens (tertiary/aromatic N) is 1. The maximum Gasteiger partial charge on any atom is 0.337 e. The van der Waals surface area contributed by atoms with Crippen LogP contribution < -0.4 is 0 Å². The minimum absolute atomic E-state index is 0.0119. The van der Waals surface area contributed by atoms with Crippen LogP contribution in [0.1, 0.15) is 21.5 Å². The Bertz CT molecular complexity index is 426. The number of aromatic carboxylic acids is 1. The van der Waals surface area contributed by atoms with Crippen molar-refractivity contribution in [2.75, 3.05) is 0 Å². The molecule has 14 heavy (non-hydrogen) atoms. The summed E-state index contributed by atoms with van der Waals surface area (Å²) in [5.41, 5.74) is 0.898. The van der Waals surface area contributed by atoms with E-state index < -0.39 is 5.97 Å². The van der Waals surface area contributed by atoms with E-state index >= 15 is 0 Å². The molecule has 72 valence electrons. The van der Waals surface area contributed by atoms with Gasteiger partial charge in [-0.2, -0.15) is 5.26 Å². The highest BCUT2D eigenvalue weighted by molar-refractivity contribution is 9.08. The summed E-state index contributed by atoms with van der Waals surface area (Å²) >= 11 is 7.35. The molecule has 0 atom stereocenters. The van der Waals surface area contributed by atoms with Crippen LogP contribution in [0.2, 0.25) is 0 Å². The number of benzene rings is 1. The molecule has 0 aliphatic heterocycles. The van der Waals surface area contributed by atoms with E-state index in [2.05, 4.69) is 28.6 Å². The lowest BCUT2D eigenvalue weighted by Crippen LogP contribution is -2.02. The van der Waals surface area contributed by atoms with Gasteiger partial charge in [0.05, 0.1) is 11.1 Å². The molecule has 0 aliphatic carbocycles. The van der Waals surface area contributed by atoms with Crippen molar-refractivity contribution in [3.05, 3.63) is 28.8 Å². The zero-order chi connectivity index (χ0) is 10.7. The second-order valence-electron chi connectivity index (χ2n) is 2.55. The van der Waals surface area contributed by atoms with E-state index in [0.717, 1.165) is 5.56 Å². The highest BCUT2D eigenvalue weighted by atomic mass is 79.9. The van der Waals surface area contributed by atoms with Gasteiger partial charge in [-0.3, -0.25) is 0 Å². The molecule has 0 bridgehead atoms. The van der Waals surface area contributed by atoms with Crippen molar-refractivity contribution >= 4 is 34.5 Å². The number of hydrogen-bond donors (Lipinski definition) is 2. The van der Waals surface area contributed by atoms with E-state index in [4.69, 9.17) is 10.4 Å². The number of thiol groups is 1. The Balaban J connectivity index is 3.45. The molecule has 0 unspecified atom stereocenters. The lowest BCUT2D eigenvalue weighted by molar-refractivity contribution is 0.0696. The summed E-state index contributed by atoms with van der Waals surface area (Å²) in [7, 11) is 0. The fourth-order valence-electron chi connectivity index (χ4n) is 1.03. The molecule has 0 spiro atoms. The number of halogens is 1. The number of rotatable bonds is 2. The number of nitriles is 1. The Morgan fingerprint density at radius 1 is 1.64 bits per heavy atom. The minimum atomic E-state index is -1.11. The summed E-state index contributed by atoms with van der Waals surface area (Å²) in [6.45, 7) is 0. The van der Waals surface area contributed by atoms with Gasteiger partial charge in [0.15, 0.2) is 0 Å². The van der Waals surface area contributed by atoms with Crippen molar-refractivity contribution in [1.29, 1.82) is 5.26 Å². The van der Waals surface area contributed by atoms with Gasteiger partial charge in [-0.25, -0.2) is 4.79 Å². The Morgan fingerprint density at radius 3 is 2.71 bits per heavy atom. The van der Waals surface area contributed by atoms with Crippen molar-refractivity contribution in [1.82, 2.24) is 0 Å². The molecule has 0 radical (unpaired) electrons. The molecule has 5 heteroatoms. The highest BCUT2D eigenvalue weighted by Gasteiger charge is 2.14. The monoisotopic (exact) mass is 271 g/mol. The van der Waals surface area contributed by atoms with Gasteiger partial charge >= 0.3 is 5.97 Å². The molecule has 0 saturated heterocycles. The first kappa shape index (κ1) is 11.1. The van der Waals surface area contributed by atoms with Crippen molar-refractivity contribution in [3.8, 4) is 6.07 Å². The number of carboxylic acids is 1. The van der Waals surface area contributed by atoms with Gasteiger partial charge in [0.25, 0.3) is 0 Å². The quantitative estimate of drug-likeness (QED) is 0.642. The van der Waals surface area contributed by atoms with E-state index in [1.165, 1.54) is 6.07 Å². The predicted octanol–water partition coefficient (Wildman–Crippen LogP) is 2.44. The van der Waals surface area contributed by atoms with Gasteiger partial charge in [0.2, 0.25) is 0 Å². The number of carboxylic acid groups (broad SMARTS) is 1. The summed E-state index contributed by atoms with van der Waals surface area (Å²) in [4.78, 5) is 11.2. The first-order chi connectivity index (χ1) is 6.61. The Kier molecular flexibility index (Phi) is 3.55. The summed E-state index contributed by atoms with van der Waals surface area (Å²) < 4.78 is 0. The zero-order valence-electron chi connectivity index (χ0n) is 6.99. The normalized spacial score (nSPS) is 9.50. The third kappa shape index (κ3) is 1.91. The van der Waals surface area contributed by atoms with Crippen LogP contribution in [0.25, 0.3) is 0 Å². The zero-order valence-corrected chi connectivity index (χ0v) is 9.47. The van der Waals surface area contributed by atoms with Crippen LogP contribution in [0.4, 0.5) is 0 Å². The maximum absolute atomic E-state index is 10.7. The van der Waals surface area contributed by atoms with E-state index in [0.29, 0.717) is 10.2 Å². The molecule has 0 aromatic heterocycles. The van der Waals surface area contributed by atoms with Crippen molar-refractivity contribution in [2.24, 2.45) is 0 Å². The van der Waals surface area contributed by atoms with E-state index in [1.807, 2.05) is 6.07 Å². The number of hydrogen-bond acceptors (Lipinski definition) is 3. The van der Waals surface area contributed by atoms with Gasteiger partial charge in [0, 0.05) is 10.2 Å². The van der Waals surface area contributed by atoms with Gasteiger partial charge in [0.1, 0.15) is 6.07 Å². The summed E-state index contributed by atoms with van der Waals surface area (Å²) in [5, 5.41) is 18.1. The van der Waals surface area contributed by atoms with E-state index in [-0.39, 0.29) is 11.1 Å². The fraction of sp³-hybridized carbons (Fsp3) is 0.111. The van der Waals surface area contributed by atoms with E-state index in [1.54, 1.807) is 6.07 Å². The molecular formula is C9H6BrNO2S. The van der Waals surface area contributed by atoms with Crippen LogP contribution in [0, 0.1) is 11.3 Å². The molecule has 1 aromatic carbocycles. The molecule has 0 aliphatic rings. The first-order valence-corrected chi connectivity index (χ1v) is 5.23. The van der Waals surface area contributed by atoms with Gasteiger partial charge in [-0.1, -0.05) is 22.0 Å². The third-order valence-electron chi connectivity index (χ3n) is 1.75. The van der Waals surface area contributed by atoms with Crippen LogP contribution in [-0.2, 0) is 5.33 Å². The maximum atomic E-state index is 10.7. The smallest absolute Gasteiger partial charge is 0.337 e. The largest absolute Gasteiger partial charge is 0.478 e. The molecule has 1 N–H and O–H groups in total. The minimum Gasteiger partial charge on any atom is -0.478 e. The molecule has 0 amide bonds. The lowest BCUT2D eigenvalue weighted by atomic mass is 10.1. The van der Waals surface area contributed by atoms with Crippen molar-refractivity contribution in [3.63, 3.8) is 0 Å². The second kappa shape index (κ2) is 4.49. The van der Waals surface area contributed by atoms with Crippen LogP contribution >= 0.6 is 28.6 Å². The molecule has 0 saturated carbocycles. The van der Waals surface area contributed by atoms with Crippen molar-refractivity contribution in [2.45, 2.75) is 10.2 Å². The molecule has 0 heterocycles. The highest BCUT2D eigenvalue weighted by Crippen LogP contribution is 2.24. The number of alkyl halides is 1. The molecule has 1 aromatic rings. The van der Waals surface area contributed by atoms with Crippen LogP contribution in [-0.4, -0.2) is 11.1 Å². The lowest BCUT2D eigenvalue weighted by Gasteiger charge is -2.05. The predicted molar refractivity (Wildman–Crippen MR) is 58.0 cm³/mol. The molecule has 1 rings (SSSR count). The Morgan fingerprint density at radius 2 is 2.29 bits per heavy atom. The SMILES string of the molecule is N#Cc1c(C(=O)O)ccc(CBr)c1S. The summed E-state index contributed by atoms with van der Waals surface area (Å²) in [6, 6.07) is 4.90. The first-order valence-electron chi connectivity index (χ1n) is 3.66. The topological polar surface area (TPSA) is 61.1 Å². The van der Waals surface area contributed by atoms with Gasteiger partial charge < -0.3 is 5.11 Å². The Labute approximate surface area is 94.9 Å². The van der Waals surface area contributed by atoms with Crippen LogP contribution in [0.15, 0.2) is 17.0 Å². The van der Waals surface area contributed by atoms with Crippen molar-refractivity contribution < 1.29 is 9.90 Å². The summed E-state index contributed by atoms with van der Waals surface area (Å²) in [6.07, 6.45) is 0. The van der Waals surface area contributed by atoms with Gasteiger partial charge in [-0.15, -0.1) is 12.6 Å². The second-order valence-corrected chi connectivity index (χ2v) is 3.55. The van der Waals surface area contributed by atoms with E-state index in [9.17, 15) is 4.79 Å². The van der Waals surface area contributed by atoms with Crippen LogP contribution in [0.3, 0.4) is 0 Å². The number of carbonyl (C=O) groups is 1. The molecule has 0 fully saturated rings. The molecular weight excluding hydrogens is 266 g/mol.